The molecule has 0 spiro atoms. The molecule has 0 bridgehead atoms. The maximum atomic E-state index is 5.68. The van der Waals surface area contributed by atoms with Gasteiger partial charge in [-0.2, -0.15) is 0 Å². The second-order valence-corrected chi connectivity index (χ2v) is 5.55. The van der Waals surface area contributed by atoms with Gasteiger partial charge in [-0.05, 0) is 37.5 Å². The van der Waals surface area contributed by atoms with Gasteiger partial charge in [-0.25, -0.2) is 0 Å². The Kier molecular flexibility index (Phi) is 4.56. The first-order valence-electron chi connectivity index (χ1n) is 6.03. The van der Waals surface area contributed by atoms with Gasteiger partial charge in [0, 0.05) is 23.0 Å². The third-order valence-corrected chi connectivity index (χ3v) is 4.06. The van der Waals surface area contributed by atoms with Crippen molar-refractivity contribution in [3.8, 4) is 0 Å². The molecule has 3 N–H and O–H groups in total. The van der Waals surface area contributed by atoms with Crippen LogP contribution in [0.25, 0.3) is 0 Å². The lowest BCUT2D eigenvalue weighted by Gasteiger charge is -2.25. The molecular formula is C13H19BrN2O. The lowest BCUT2D eigenvalue weighted by atomic mass is 9.89. The minimum Gasteiger partial charge on any atom is -0.378 e. The molecule has 0 radical (unpaired) electrons. The fourth-order valence-electron chi connectivity index (χ4n) is 2.48. The average Bonchev–Trinajstić information content (AvgIpc) is 2.75. The van der Waals surface area contributed by atoms with Crippen molar-refractivity contribution >= 4 is 15.9 Å². The van der Waals surface area contributed by atoms with Gasteiger partial charge in [-0.3, -0.25) is 11.3 Å². The Morgan fingerprint density at radius 3 is 2.71 bits per heavy atom. The van der Waals surface area contributed by atoms with Gasteiger partial charge in [0.25, 0.3) is 0 Å². The molecule has 0 amide bonds. The van der Waals surface area contributed by atoms with Crippen LogP contribution in [-0.4, -0.2) is 18.8 Å². The smallest absolute Gasteiger partial charge is 0.0591 e. The number of hydrazine groups is 1. The predicted octanol–water partition coefficient (Wildman–Crippen LogP) is 2.25. The largest absolute Gasteiger partial charge is 0.378 e. The van der Waals surface area contributed by atoms with Crippen molar-refractivity contribution in [2.24, 2.45) is 11.8 Å². The summed E-state index contributed by atoms with van der Waals surface area (Å²) in [5.74, 6) is 6.18. The third kappa shape index (κ3) is 3.28. The number of hydrogen-bond donors (Lipinski definition) is 2. The summed E-state index contributed by atoms with van der Waals surface area (Å²) in [6.45, 7) is 2.98. The van der Waals surface area contributed by atoms with Crippen molar-refractivity contribution in [2.75, 3.05) is 6.61 Å². The monoisotopic (exact) mass is 298 g/mol. The highest BCUT2D eigenvalue weighted by Crippen LogP contribution is 2.25. The van der Waals surface area contributed by atoms with Crippen molar-refractivity contribution in [1.29, 1.82) is 0 Å². The third-order valence-electron chi connectivity index (χ3n) is 3.53. The van der Waals surface area contributed by atoms with Gasteiger partial charge < -0.3 is 4.74 Å². The van der Waals surface area contributed by atoms with Crippen LogP contribution in [-0.2, 0) is 11.2 Å². The molecule has 1 heterocycles. The van der Waals surface area contributed by atoms with Crippen LogP contribution in [0, 0.1) is 5.92 Å². The molecule has 0 aromatic heterocycles. The number of benzene rings is 1. The Labute approximate surface area is 111 Å². The van der Waals surface area contributed by atoms with Crippen molar-refractivity contribution in [1.82, 2.24) is 5.43 Å². The van der Waals surface area contributed by atoms with Gasteiger partial charge in [0.2, 0.25) is 0 Å². The molecule has 1 aromatic rings. The van der Waals surface area contributed by atoms with Gasteiger partial charge in [0.15, 0.2) is 0 Å². The number of nitrogens with two attached hydrogens (primary N) is 1. The van der Waals surface area contributed by atoms with E-state index in [0.29, 0.717) is 12.0 Å². The number of hydrogen-bond acceptors (Lipinski definition) is 3. The van der Waals surface area contributed by atoms with E-state index in [4.69, 9.17) is 10.6 Å². The Bertz CT molecular complexity index is 355. The highest BCUT2D eigenvalue weighted by Gasteiger charge is 2.31. The molecule has 17 heavy (non-hydrogen) atoms. The molecule has 1 fully saturated rings. The molecule has 1 aliphatic heterocycles. The van der Waals surface area contributed by atoms with E-state index < -0.39 is 0 Å². The lowest BCUT2D eigenvalue weighted by Crippen LogP contribution is -2.44. The van der Waals surface area contributed by atoms with Crippen LogP contribution in [0.5, 0.6) is 0 Å². The van der Waals surface area contributed by atoms with Crippen molar-refractivity contribution in [2.45, 2.75) is 31.9 Å². The average molecular weight is 299 g/mol. The summed E-state index contributed by atoms with van der Waals surface area (Å²) in [6.07, 6.45) is 2.33. The van der Waals surface area contributed by atoms with Crippen molar-refractivity contribution < 1.29 is 4.74 Å². The molecular weight excluding hydrogens is 280 g/mol. The van der Waals surface area contributed by atoms with E-state index >= 15 is 0 Å². The van der Waals surface area contributed by atoms with Crippen LogP contribution in [0.15, 0.2) is 28.7 Å². The standard InChI is InChI=1S/C13H19BrN2O/c1-9-12(6-7-17-9)13(16-15)8-10-2-4-11(14)5-3-10/h2-5,9,12-13,16H,6-8,15H2,1H3. The van der Waals surface area contributed by atoms with E-state index in [2.05, 4.69) is 52.5 Å². The molecule has 94 valence electrons. The van der Waals surface area contributed by atoms with Crippen LogP contribution in [0.3, 0.4) is 0 Å². The zero-order chi connectivity index (χ0) is 12.3. The van der Waals surface area contributed by atoms with Crippen LogP contribution in [0.4, 0.5) is 0 Å². The fourth-order valence-corrected chi connectivity index (χ4v) is 2.75. The van der Waals surface area contributed by atoms with E-state index in [0.717, 1.165) is 23.9 Å². The van der Waals surface area contributed by atoms with Crippen LogP contribution < -0.4 is 11.3 Å². The van der Waals surface area contributed by atoms with E-state index in [1.54, 1.807) is 0 Å². The first-order chi connectivity index (χ1) is 8.20. The van der Waals surface area contributed by atoms with E-state index in [1.807, 2.05) is 0 Å². The molecule has 0 aliphatic carbocycles. The molecule has 1 aromatic carbocycles. The summed E-state index contributed by atoms with van der Waals surface area (Å²) in [4.78, 5) is 0. The van der Waals surface area contributed by atoms with Crippen molar-refractivity contribution in [3.05, 3.63) is 34.3 Å². The summed E-state index contributed by atoms with van der Waals surface area (Å²) in [7, 11) is 0. The maximum absolute atomic E-state index is 5.68. The number of halogens is 1. The molecule has 4 heteroatoms. The SMILES string of the molecule is CC1OCCC1C(Cc1ccc(Br)cc1)NN. The van der Waals surface area contributed by atoms with Gasteiger partial charge >= 0.3 is 0 Å². The Hall–Kier alpha value is -0.420. The normalized spacial score (nSPS) is 26.1. The van der Waals surface area contributed by atoms with E-state index in [9.17, 15) is 0 Å². The quantitative estimate of drug-likeness (QED) is 0.662. The van der Waals surface area contributed by atoms with Crippen LogP contribution >= 0.6 is 15.9 Å². The molecule has 2 rings (SSSR count). The molecule has 1 aliphatic rings. The highest BCUT2D eigenvalue weighted by molar-refractivity contribution is 9.10. The van der Waals surface area contributed by atoms with Crippen LogP contribution in [0.2, 0.25) is 0 Å². The van der Waals surface area contributed by atoms with Gasteiger partial charge in [0.1, 0.15) is 0 Å². The highest BCUT2D eigenvalue weighted by atomic mass is 79.9. The summed E-state index contributed by atoms with van der Waals surface area (Å²) in [5.41, 5.74) is 4.25. The summed E-state index contributed by atoms with van der Waals surface area (Å²) in [6, 6.07) is 8.69. The minimum absolute atomic E-state index is 0.286. The fraction of sp³-hybridized carbons (Fsp3) is 0.538. The second-order valence-electron chi connectivity index (χ2n) is 4.63. The first kappa shape index (κ1) is 13.0. The Morgan fingerprint density at radius 2 is 2.18 bits per heavy atom. The van der Waals surface area contributed by atoms with Gasteiger partial charge in [0.05, 0.1) is 6.10 Å². The van der Waals surface area contributed by atoms with Gasteiger partial charge in [-0.1, -0.05) is 28.1 Å². The number of nitrogens with one attached hydrogen (secondary N) is 1. The van der Waals surface area contributed by atoms with Crippen LogP contribution in [0.1, 0.15) is 18.9 Å². The second kappa shape index (κ2) is 5.96. The minimum atomic E-state index is 0.286. The molecule has 3 nitrogen and oxygen atoms in total. The molecule has 1 saturated heterocycles. The molecule has 0 saturated carbocycles. The first-order valence-corrected chi connectivity index (χ1v) is 6.82. The van der Waals surface area contributed by atoms with E-state index in [-0.39, 0.29) is 6.04 Å². The maximum Gasteiger partial charge on any atom is 0.0591 e. The summed E-state index contributed by atoms with van der Waals surface area (Å²) in [5, 5.41) is 0. The number of ether oxygens (including phenoxy) is 1. The molecule has 3 atom stereocenters. The summed E-state index contributed by atoms with van der Waals surface area (Å²) >= 11 is 3.44. The van der Waals surface area contributed by atoms with Gasteiger partial charge in [-0.15, -0.1) is 0 Å². The molecule has 3 unspecified atom stereocenters. The van der Waals surface area contributed by atoms with E-state index in [1.165, 1.54) is 5.56 Å². The lowest BCUT2D eigenvalue weighted by molar-refractivity contribution is 0.0954. The zero-order valence-electron chi connectivity index (χ0n) is 10.0. The zero-order valence-corrected chi connectivity index (χ0v) is 11.6. The number of rotatable bonds is 4. The topological polar surface area (TPSA) is 47.3 Å². The Balaban J connectivity index is 2.01. The van der Waals surface area contributed by atoms with Crippen molar-refractivity contribution in [3.63, 3.8) is 0 Å². The summed E-state index contributed by atoms with van der Waals surface area (Å²) < 4.78 is 6.71. The Morgan fingerprint density at radius 1 is 1.47 bits per heavy atom. The predicted molar refractivity (Wildman–Crippen MR) is 72.5 cm³/mol.